The van der Waals surface area contributed by atoms with Crippen LogP contribution in [0.25, 0.3) is 0 Å². The molecule has 112 valence electrons. The predicted octanol–water partition coefficient (Wildman–Crippen LogP) is 1.57. The molecule has 1 aromatic carbocycles. The zero-order chi connectivity index (χ0) is 14.4. The molecule has 1 spiro atoms. The molecule has 5 rings (SSSR count). The van der Waals surface area contributed by atoms with Crippen molar-refractivity contribution >= 4 is 0 Å². The van der Waals surface area contributed by atoms with E-state index in [4.69, 9.17) is 4.74 Å². The quantitative estimate of drug-likeness (QED) is 0.760. The van der Waals surface area contributed by atoms with Gasteiger partial charge in [0.25, 0.3) is 0 Å². The minimum absolute atomic E-state index is 0.0230. The number of benzene rings is 1. The van der Waals surface area contributed by atoms with Crippen LogP contribution in [-0.4, -0.2) is 46.5 Å². The molecule has 1 saturated heterocycles. The maximum absolute atomic E-state index is 11.7. The Morgan fingerprint density at radius 1 is 1.33 bits per heavy atom. The number of piperidine rings is 1. The highest BCUT2D eigenvalue weighted by atomic mass is 16.5. The first-order valence-electron chi connectivity index (χ1n) is 8.02. The SMILES string of the molecule is CN1CC[C@]23c4c5ccc(O)c4O[C@H]2CCCC3(O)[C@H]1C5. The van der Waals surface area contributed by atoms with E-state index in [0.29, 0.717) is 5.75 Å². The average molecular weight is 287 g/mol. The standard InChI is InChI=1S/C17H21NO3/c1-18-8-7-16-13-3-2-6-17(16,20)12(18)9-10-4-5-11(19)15(21-13)14(10)16/h4-5,12-13,19-20H,2-3,6-9H2,1H3/t12-,13+,16-,17?/m1/s1. The molecule has 4 aliphatic rings. The molecule has 4 heteroatoms. The summed E-state index contributed by atoms with van der Waals surface area (Å²) >= 11 is 0. The van der Waals surface area contributed by atoms with Crippen LogP contribution in [0.3, 0.4) is 0 Å². The van der Waals surface area contributed by atoms with Gasteiger partial charge in [0.1, 0.15) is 6.10 Å². The molecule has 2 aliphatic heterocycles. The zero-order valence-electron chi connectivity index (χ0n) is 12.3. The first-order chi connectivity index (χ1) is 10.1. The molecule has 2 heterocycles. The van der Waals surface area contributed by atoms with E-state index in [1.807, 2.05) is 6.07 Å². The number of hydrogen-bond donors (Lipinski definition) is 2. The second-order valence-electron chi connectivity index (χ2n) is 7.29. The number of ether oxygens (including phenoxy) is 1. The lowest BCUT2D eigenvalue weighted by molar-refractivity contribution is -0.180. The third-order valence-electron chi connectivity index (χ3n) is 6.63. The maximum atomic E-state index is 11.7. The van der Waals surface area contributed by atoms with Gasteiger partial charge in [-0.15, -0.1) is 0 Å². The summed E-state index contributed by atoms with van der Waals surface area (Å²) in [5.74, 6) is 0.887. The van der Waals surface area contributed by atoms with Crippen LogP contribution < -0.4 is 4.74 Å². The Morgan fingerprint density at radius 3 is 3.05 bits per heavy atom. The van der Waals surface area contributed by atoms with Gasteiger partial charge in [0.2, 0.25) is 0 Å². The van der Waals surface area contributed by atoms with Crippen LogP contribution in [0.15, 0.2) is 12.1 Å². The number of likely N-dealkylation sites (N-methyl/N-ethyl adjacent to an activating group) is 1. The second kappa shape index (κ2) is 3.55. The molecule has 1 unspecified atom stereocenters. The molecule has 0 radical (unpaired) electrons. The minimum atomic E-state index is -0.713. The summed E-state index contributed by atoms with van der Waals surface area (Å²) in [6, 6.07) is 3.95. The number of phenols is 1. The summed E-state index contributed by atoms with van der Waals surface area (Å²) in [6.45, 7) is 0.987. The van der Waals surface area contributed by atoms with E-state index in [9.17, 15) is 10.2 Å². The molecule has 0 aromatic heterocycles. The summed E-state index contributed by atoms with van der Waals surface area (Å²) in [7, 11) is 2.13. The largest absolute Gasteiger partial charge is 0.504 e. The van der Waals surface area contributed by atoms with Gasteiger partial charge < -0.3 is 19.8 Å². The van der Waals surface area contributed by atoms with Crippen molar-refractivity contribution in [3.05, 3.63) is 23.3 Å². The van der Waals surface area contributed by atoms with Crippen LogP contribution in [-0.2, 0) is 11.8 Å². The molecule has 2 aliphatic carbocycles. The van der Waals surface area contributed by atoms with Crippen LogP contribution in [0, 0.1) is 0 Å². The topological polar surface area (TPSA) is 52.9 Å². The summed E-state index contributed by atoms with van der Waals surface area (Å²) in [5, 5.41) is 21.9. The summed E-state index contributed by atoms with van der Waals surface area (Å²) in [6.07, 6.45) is 4.62. The average Bonchev–Trinajstić information content (AvgIpc) is 2.80. The highest BCUT2D eigenvalue weighted by Gasteiger charge is 2.70. The van der Waals surface area contributed by atoms with Gasteiger partial charge in [-0.3, -0.25) is 0 Å². The van der Waals surface area contributed by atoms with Crippen LogP contribution in [0.5, 0.6) is 11.5 Å². The first kappa shape index (κ1) is 12.3. The fourth-order valence-corrected chi connectivity index (χ4v) is 5.75. The van der Waals surface area contributed by atoms with E-state index in [-0.39, 0.29) is 23.3 Å². The Kier molecular flexibility index (Phi) is 2.08. The van der Waals surface area contributed by atoms with Gasteiger partial charge in [-0.2, -0.15) is 0 Å². The predicted molar refractivity (Wildman–Crippen MR) is 77.7 cm³/mol. The van der Waals surface area contributed by atoms with Gasteiger partial charge in [-0.1, -0.05) is 6.07 Å². The zero-order valence-corrected chi connectivity index (χ0v) is 12.3. The van der Waals surface area contributed by atoms with E-state index in [1.54, 1.807) is 6.07 Å². The molecular formula is C17H21NO3. The Hall–Kier alpha value is -1.26. The smallest absolute Gasteiger partial charge is 0.165 e. The van der Waals surface area contributed by atoms with Crippen LogP contribution in [0.1, 0.15) is 36.8 Å². The molecule has 1 aromatic rings. The number of aliphatic hydroxyl groups is 1. The number of aromatic hydroxyl groups is 1. The van der Waals surface area contributed by atoms with Crippen LogP contribution in [0.4, 0.5) is 0 Å². The highest BCUT2D eigenvalue weighted by molar-refractivity contribution is 5.62. The number of nitrogens with zero attached hydrogens (tertiary/aromatic N) is 1. The first-order valence-corrected chi connectivity index (χ1v) is 8.02. The maximum Gasteiger partial charge on any atom is 0.165 e. The van der Waals surface area contributed by atoms with Gasteiger partial charge in [0.05, 0.1) is 11.0 Å². The summed E-state index contributed by atoms with van der Waals surface area (Å²) in [5.41, 5.74) is 1.37. The number of phenolic OH excluding ortho intramolecular Hbond substituents is 1. The Labute approximate surface area is 124 Å². The van der Waals surface area contributed by atoms with Gasteiger partial charge in [-0.25, -0.2) is 0 Å². The van der Waals surface area contributed by atoms with E-state index in [2.05, 4.69) is 11.9 Å². The molecule has 1 saturated carbocycles. The number of rotatable bonds is 0. The molecule has 2 fully saturated rings. The van der Waals surface area contributed by atoms with Gasteiger partial charge in [0.15, 0.2) is 11.5 Å². The van der Waals surface area contributed by atoms with Crippen molar-refractivity contribution in [1.29, 1.82) is 0 Å². The Morgan fingerprint density at radius 2 is 2.19 bits per heavy atom. The van der Waals surface area contributed by atoms with Crippen molar-refractivity contribution in [2.45, 2.75) is 55.3 Å². The van der Waals surface area contributed by atoms with E-state index in [0.717, 1.165) is 44.2 Å². The Balaban J connectivity index is 1.86. The monoisotopic (exact) mass is 287 g/mol. The van der Waals surface area contributed by atoms with Crippen molar-refractivity contribution < 1.29 is 14.9 Å². The van der Waals surface area contributed by atoms with E-state index < -0.39 is 5.60 Å². The summed E-state index contributed by atoms with van der Waals surface area (Å²) in [4.78, 5) is 2.32. The number of hydrogen-bond acceptors (Lipinski definition) is 4. The lowest BCUT2D eigenvalue weighted by Gasteiger charge is -2.62. The van der Waals surface area contributed by atoms with Crippen molar-refractivity contribution in [3.8, 4) is 11.5 Å². The van der Waals surface area contributed by atoms with Crippen molar-refractivity contribution in [3.63, 3.8) is 0 Å². The van der Waals surface area contributed by atoms with Gasteiger partial charge >= 0.3 is 0 Å². The number of likely N-dealkylation sites (tertiary alicyclic amines) is 1. The second-order valence-corrected chi connectivity index (χ2v) is 7.29. The minimum Gasteiger partial charge on any atom is -0.504 e. The third-order valence-corrected chi connectivity index (χ3v) is 6.63. The molecule has 4 nitrogen and oxygen atoms in total. The Bertz CT molecular complexity index is 645. The van der Waals surface area contributed by atoms with Crippen molar-refractivity contribution in [1.82, 2.24) is 4.90 Å². The van der Waals surface area contributed by atoms with Crippen molar-refractivity contribution in [2.75, 3.05) is 13.6 Å². The molecular weight excluding hydrogens is 266 g/mol. The van der Waals surface area contributed by atoms with Crippen molar-refractivity contribution in [2.24, 2.45) is 0 Å². The highest BCUT2D eigenvalue weighted by Crippen LogP contribution is 2.65. The van der Waals surface area contributed by atoms with Crippen LogP contribution >= 0.6 is 0 Å². The summed E-state index contributed by atoms with van der Waals surface area (Å²) < 4.78 is 6.18. The van der Waals surface area contributed by atoms with Gasteiger partial charge in [0, 0.05) is 11.6 Å². The van der Waals surface area contributed by atoms with E-state index in [1.165, 1.54) is 5.56 Å². The van der Waals surface area contributed by atoms with Gasteiger partial charge in [-0.05, 0) is 57.3 Å². The fourth-order valence-electron chi connectivity index (χ4n) is 5.75. The fraction of sp³-hybridized carbons (Fsp3) is 0.647. The molecule has 21 heavy (non-hydrogen) atoms. The molecule has 2 N–H and O–H groups in total. The lowest BCUT2D eigenvalue weighted by Crippen LogP contribution is -2.74. The van der Waals surface area contributed by atoms with E-state index >= 15 is 0 Å². The molecule has 0 amide bonds. The lowest BCUT2D eigenvalue weighted by atomic mass is 9.49. The molecule has 4 atom stereocenters. The third kappa shape index (κ3) is 1.14. The molecule has 2 bridgehead atoms. The van der Waals surface area contributed by atoms with Crippen LogP contribution in [0.2, 0.25) is 0 Å². The normalized spacial score (nSPS) is 43.3.